The number of anilines is 1. The van der Waals surface area contributed by atoms with E-state index in [4.69, 9.17) is 22.1 Å². The molecule has 0 aliphatic carbocycles. The van der Waals surface area contributed by atoms with Gasteiger partial charge in [0.2, 0.25) is 0 Å². The van der Waals surface area contributed by atoms with Gasteiger partial charge in [-0.2, -0.15) is 4.52 Å². The van der Waals surface area contributed by atoms with E-state index in [1.165, 1.54) is 11.3 Å². The number of thiophene rings is 1. The zero-order valence-electron chi connectivity index (χ0n) is 12.7. The van der Waals surface area contributed by atoms with E-state index in [-0.39, 0.29) is 0 Å². The molecule has 3 aromatic heterocycles. The summed E-state index contributed by atoms with van der Waals surface area (Å²) in [5.41, 5.74) is 8.85. The Hall–Kier alpha value is -2.57. The summed E-state index contributed by atoms with van der Waals surface area (Å²) in [5.74, 6) is 1.95. The molecule has 5 nitrogen and oxygen atoms in total. The van der Waals surface area contributed by atoms with Gasteiger partial charge >= 0.3 is 0 Å². The third-order valence-corrected chi connectivity index (χ3v) is 4.83. The number of nitrogens with zero attached hydrogens (tertiary/aromatic N) is 3. The van der Waals surface area contributed by atoms with Gasteiger partial charge in [-0.25, -0.2) is 4.98 Å². The van der Waals surface area contributed by atoms with Crippen molar-refractivity contribution in [1.29, 1.82) is 0 Å². The predicted octanol–water partition coefficient (Wildman–Crippen LogP) is 4.37. The van der Waals surface area contributed by atoms with Gasteiger partial charge in [0.1, 0.15) is 11.6 Å². The van der Waals surface area contributed by atoms with E-state index < -0.39 is 0 Å². The van der Waals surface area contributed by atoms with Gasteiger partial charge in [0.15, 0.2) is 11.5 Å². The number of rotatable bonds is 3. The number of aromatic nitrogens is 3. The Morgan fingerprint density at radius 3 is 2.62 bits per heavy atom. The van der Waals surface area contributed by atoms with Gasteiger partial charge < -0.3 is 10.5 Å². The van der Waals surface area contributed by atoms with E-state index in [1.807, 2.05) is 47.8 Å². The van der Waals surface area contributed by atoms with Gasteiger partial charge in [0.05, 0.1) is 12.0 Å². The maximum atomic E-state index is 6.16. The molecule has 0 fully saturated rings. The van der Waals surface area contributed by atoms with Crippen molar-refractivity contribution in [3.63, 3.8) is 0 Å². The molecule has 0 bridgehead atoms. The number of fused-ring (bicyclic) bond motifs is 1. The molecule has 7 heteroatoms. The molecule has 0 spiro atoms. The van der Waals surface area contributed by atoms with Gasteiger partial charge in [-0.3, -0.25) is 0 Å². The number of pyridine rings is 1. The average Bonchev–Trinajstić information content (AvgIpc) is 3.22. The molecule has 2 N–H and O–H groups in total. The fourth-order valence-electron chi connectivity index (χ4n) is 2.47. The number of methoxy groups -OCH3 is 1. The van der Waals surface area contributed by atoms with Crippen LogP contribution < -0.4 is 10.5 Å². The summed E-state index contributed by atoms with van der Waals surface area (Å²) in [6.07, 6.45) is 0. The Morgan fingerprint density at radius 1 is 1.12 bits per heavy atom. The van der Waals surface area contributed by atoms with Gasteiger partial charge in [0, 0.05) is 16.5 Å². The number of ether oxygens (including phenoxy) is 1. The summed E-state index contributed by atoms with van der Waals surface area (Å²) in [5, 5.41) is 7.11. The summed E-state index contributed by atoms with van der Waals surface area (Å²) in [6, 6.07) is 13.4. The summed E-state index contributed by atoms with van der Waals surface area (Å²) in [4.78, 5) is 5.53. The fraction of sp³-hybridized carbons (Fsp3) is 0.0588. The molecule has 0 unspecified atom stereocenters. The molecule has 0 aliphatic heterocycles. The van der Waals surface area contributed by atoms with Crippen molar-refractivity contribution in [2.45, 2.75) is 0 Å². The van der Waals surface area contributed by atoms with Crippen LogP contribution in [0.15, 0.2) is 47.8 Å². The first-order valence-electron chi connectivity index (χ1n) is 7.19. The van der Waals surface area contributed by atoms with Crippen LogP contribution in [0.5, 0.6) is 5.75 Å². The second-order valence-corrected chi connectivity index (χ2v) is 6.58. The number of nitrogen functional groups attached to an aromatic ring is 1. The van der Waals surface area contributed by atoms with Crippen molar-refractivity contribution in [2.24, 2.45) is 0 Å². The van der Waals surface area contributed by atoms with Crippen LogP contribution in [-0.4, -0.2) is 21.7 Å². The molecule has 24 heavy (non-hydrogen) atoms. The molecule has 0 atom stereocenters. The van der Waals surface area contributed by atoms with Crippen molar-refractivity contribution in [3.8, 4) is 27.6 Å². The molecular weight excluding hydrogens is 344 g/mol. The second-order valence-electron chi connectivity index (χ2n) is 5.23. The first-order valence-corrected chi connectivity index (χ1v) is 8.45. The molecule has 0 amide bonds. The third kappa shape index (κ3) is 2.60. The van der Waals surface area contributed by atoms with Crippen molar-refractivity contribution >= 4 is 34.4 Å². The predicted molar refractivity (Wildman–Crippen MR) is 97.7 cm³/mol. The van der Waals surface area contributed by atoms with Gasteiger partial charge in [-0.05, 0) is 35.4 Å². The average molecular weight is 357 g/mol. The van der Waals surface area contributed by atoms with Crippen molar-refractivity contribution < 1.29 is 4.74 Å². The summed E-state index contributed by atoms with van der Waals surface area (Å²) in [7, 11) is 1.64. The first-order chi connectivity index (χ1) is 11.6. The number of halogens is 1. The highest BCUT2D eigenvalue weighted by atomic mass is 35.5. The molecule has 0 saturated carbocycles. The second kappa shape index (κ2) is 5.81. The van der Waals surface area contributed by atoms with E-state index in [0.29, 0.717) is 22.3 Å². The van der Waals surface area contributed by atoms with Crippen LogP contribution in [0.4, 0.5) is 5.82 Å². The minimum absolute atomic E-state index is 0.528. The molecule has 1 aromatic carbocycles. The summed E-state index contributed by atoms with van der Waals surface area (Å²) < 4.78 is 6.85. The highest BCUT2D eigenvalue weighted by Gasteiger charge is 2.12. The van der Waals surface area contributed by atoms with Crippen LogP contribution in [-0.2, 0) is 0 Å². The third-order valence-electron chi connectivity index (χ3n) is 3.67. The van der Waals surface area contributed by atoms with Gasteiger partial charge in [0.25, 0.3) is 0 Å². The summed E-state index contributed by atoms with van der Waals surface area (Å²) >= 11 is 7.48. The van der Waals surface area contributed by atoms with Crippen LogP contribution in [0.2, 0.25) is 5.02 Å². The Morgan fingerprint density at radius 2 is 1.92 bits per heavy atom. The molecule has 3 heterocycles. The molecule has 0 radical (unpaired) electrons. The van der Waals surface area contributed by atoms with Crippen LogP contribution >= 0.6 is 22.9 Å². The molecule has 0 saturated heterocycles. The maximum absolute atomic E-state index is 6.16. The molecule has 4 rings (SSSR count). The molecule has 0 aliphatic rings. The molecule has 4 aromatic rings. The van der Waals surface area contributed by atoms with E-state index in [1.54, 1.807) is 11.6 Å². The van der Waals surface area contributed by atoms with E-state index in [9.17, 15) is 0 Å². The summed E-state index contributed by atoms with van der Waals surface area (Å²) in [6.45, 7) is 0. The first kappa shape index (κ1) is 15.0. The Labute approximate surface area is 147 Å². The van der Waals surface area contributed by atoms with E-state index in [2.05, 4.69) is 10.1 Å². The number of benzene rings is 1. The van der Waals surface area contributed by atoms with Crippen LogP contribution in [0.25, 0.3) is 27.5 Å². The maximum Gasteiger partial charge on any atom is 0.192 e. The van der Waals surface area contributed by atoms with Crippen molar-refractivity contribution in [1.82, 2.24) is 14.6 Å². The van der Waals surface area contributed by atoms with Gasteiger partial charge in [-0.15, -0.1) is 16.4 Å². The topological polar surface area (TPSA) is 65.4 Å². The van der Waals surface area contributed by atoms with E-state index >= 15 is 0 Å². The highest BCUT2D eigenvalue weighted by Crippen LogP contribution is 2.31. The fourth-order valence-corrected chi connectivity index (χ4v) is 3.37. The normalized spacial score (nSPS) is 11.1. The standard InChI is InChI=1S/C17H13ClN4OS/c1-23-13-8-14(24-9-13)17-20-16-7-11(6-15(19)22(16)21-17)10-2-4-12(18)5-3-10/h2-9H,19H2,1H3. The largest absolute Gasteiger partial charge is 0.496 e. The van der Waals surface area contributed by atoms with Crippen LogP contribution in [0, 0.1) is 0 Å². The zero-order valence-corrected chi connectivity index (χ0v) is 14.3. The van der Waals surface area contributed by atoms with Crippen molar-refractivity contribution in [2.75, 3.05) is 12.8 Å². The highest BCUT2D eigenvalue weighted by molar-refractivity contribution is 7.13. The number of hydrogen-bond acceptors (Lipinski definition) is 5. The Balaban J connectivity index is 1.81. The SMILES string of the molecule is COc1csc(-c2nc3cc(-c4ccc(Cl)cc4)cc(N)n3n2)c1. The van der Waals surface area contributed by atoms with Crippen LogP contribution in [0.3, 0.4) is 0 Å². The zero-order chi connectivity index (χ0) is 16.7. The quantitative estimate of drug-likeness (QED) is 0.592. The minimum Gasteiger partial charge on any atom is -0.496 e. The monoisotopic (exact) mass is 356 g/mol. The lowest BCUT2D eigenvalue weighted by Gasteiger charge is -2.04. The number of hydrogen-bond donors (Lipinski definition) is 1. The minimum atomic E-state index is 0.528. The lowest BCUT2D eigenvalue weighted by molar-refractivity contribution is 0.417. The van der Waals surface area contributed by atoms with Gasteiger partial charge in [-0.1, -0.05) is 23.7 Å². The Bertz CT molecular complexity index is 1020. The lowest BCUT2D eigenvalue weighted by Crippen LogP contribution is -1.98. The lowest BCUT2D eigenvalue weighted by atomic mass is 10.1. The smallest absolute Gasteiger partial charge is 0.192 e. The number of nitrogens with two attached hydrogens (primary N) is 1. The van der Waals surface area contributed by atoms with E-state index in [0.717, 1.165) is 21.8 Å². The molecular formula is C17H13ClN4OS. The van der Waals surface area contributed by atoms with Crippen molar-refractivity contribution in [3.05, 3.63) is 52.9 Å². The Kier molecular flexibility index (Phi) is 3.63. The van der Waals surface area contributed by atoms with Crippen LogP contribution in [0.1, 0.15) is 0 Å². The molecule has 120 valence electrons.